The fourth-order valence-corrected chi connectivity index (χ4v) is 0.652. The molecule has 0 saturated heterocycles. The number of carboxylic acid groups (broad SMARTS) is 1. The Morgan fingerprint density at radius 1 is 1.43 bits per heavy atom. The largest absolute Gasteiger partial charge is 0.480 e. The number of nitrogens with one attached hydrogen (secondary N) is 1. The van der Waals surface area contributed by atoms with Crippen LogP contribution >= 0.6 is 0 Å². The third-order valence-corrected chi connectivity index (χ3v) is 1.41. The van der Waals surface area contributed by atoms with Gasteiger partial charge in [-0.05, 0) is 6.92 Å². The van der Waals surface area contributed by atoms with E-state index < -0.39 is 17.9 Å². The zero-order valence-corrected chi connectivity index (χ0v) is 8.28. The van der Waals surface area contributed by atoms with E-state index in [1.807, 2.05) is 0 Å². The van der Waals surface area contributed by atoms with Crippen LogP contribution in [0.2, 0.25) is 0 Å². The van der Waals surface area contributed by atoms with E-state index in [2.05, 4.69) is 5.32 Å². The summed E-state index contributed by atoms with van der Waals surface area (Å²) in [5.74, 6) is -1.52. The van der Waals surface area contributed by atoms with Crippen LogP contribution in [0.5, 0.6) is 0 Å². The van der Waals surface area contributed by atoms with E-state index in [0.717, 1.165) is 0 Å². The van der Waals surface area contributed by atoms with Gasteiger partial charge in [0.25, 0.3) is 0 Å². The first-order valence-corrected chi connectivity index (χ1v) is 4.16. The van der Waals surface area contributed by atoms with Crippen molar-refractivity contribution in [3.63, 3.8) is 0 Å². The van der Waals surface area contributed by atoms with E-state index in [1.165, 1.54) is 14.0 Å². The van der Waals surface area contributed by atoms with Crippen molar-refractivity contribution in [2.45, 2.75) is 13.0 Å². The van der Waals surface area contributed by atoms with Gasteiger partial charge in [0.15, 0.2) is 0 Å². The van der Waals surface area contributed by atoms with Gasteiger partial charge in [-0.25, -0.2) is 0 Å². The molecule has 0 aromatic heterocycles. The van der Waals surface area contributed by atoms with E-state index in [9.17, 15) is 9.59 Å². The maximum absolute atomic E-state index is 11.0. The molecule has 0 heterocycles. The molecular formula is C8H15NO5. The molecule has 0 saturated carbocycles. The summed E-state index contributed by atoms with van der Waals surface area (Å²) in [5.41, 5.74) is 0. The average molecular weight is 205 g/mol. The molecule has 82 valence electrons. The molecule has 1 atom stereocenters. The predicted molar refractivity (Wildman–Crippen MR) is 47.9 cm³/mol. The van der Waals surface area contributed by atoms with Crippen LogP contribution in [-0.4, -0.2) is 50.0 Å². The van der Waals surface area contributed by atoms with Gasteiger partial charge in [0.1, 0.15) is 12.6 Å². The molecule has 0 aliphatic heterocycles. The molecule has 6 heteroatoms. The number of amides is 1. The van der Waals surface area contributed by atoms with Crippen LogP contribution in [0.4, 0.5) is 0 Å². The molecule has 0 spiro atoms. The van der Waals surface area contributed by atoms with Crippen molar-refractivity contribution in [3.8, 4) is 0 Å². The summed E-state index contributed by atoms with van der Waals surface area (Å²) in [6.45, 7) is 1.95. The van der Waals surface area contributed by atoms with Gasteiger partial charge in [0, 0.05) is 7.11 Å². The lowest BCUT2D eigenvalue weighted by molar-refractivity contribution is -0.142. The summed E-state index contributed by atoms with van der Waals surface area (Å²) in [4.78, 5) is 21.3. The molecule has 6 nitrogen and oxygen atoms in total. The third kappa shape index (κ3) is 6.38. The van der Waals surface area contributed by atoms with Gasteiger partial charge >= 0.3 is 5.97 Å². The van der Waals surface area contributed by atoms with Crippen molar-refractivity contribution in [2.24, 2.45) is 0 Å². The lowest BCUT2D eigenvalue weighted by Gasteiger charge is -2.09. The minimum atomic E-state index is -1.07. The van der Waals surface area contributed by atoms with Crippen LogP contribution in [0, 0.1) is 0 Å². The monoisotopic (exact) mass is 205 g/mol. The maximum atomic E-state index is 11.0. The lowest BCUT2D eigenvalue weighted by atomic mass is 10.3. The Hall–Kier alpha value is -1.14. The number of carboxylic acids is 1. The van der Waals surface area contributed by atoms with Gasteiger partial charge in [-0.3, -0.25) is 9.59 Å². The average Bonchev–Trinajstić information content (AvgIpc) is 2.12. The fourth-order valence-electron chi connectivity index (χ4n) is 0.652. The Morgan fingerprint density at radius 3 is 2.57 bits per heavy atom. The normalized spacial score (nSPS) is 12.1. The minimum Gasteiger partial charge on any atom is -0.480 e. The summed E-state index contributed by atoms with van der Waals surface area (Å²) in [6, 6.07) is -0.895. The molecule has 0 fully saturated rings. The van der Waals surface area contributed by atoms with Crippen molar-refractivity contribution < 1.29 is 24.2 Å². The van der Waals surface area contributed by atoms with Crippen LogP contribution in [0.25, 0.3) is 0 Å². The molecule has 2 N–H and O–H groups in total. The second-order valence-electron chi connectivity index (χ2n) is 2.67. The standard InChI is InChI=1S/C8H15NO5/c1-6(8(11)12)9-7(10)5-14-4-3-13-2/h6H,3-5H2,1-2H3,(H,9,10)(H,11,12)/t6-/m0/s1. The first kappa shape index (κ1) is 12.9. The third-order valence-electron chi connectivity index (χ3n) is 1.41. The second-order valence-corrected chi connectivity index (χ2v) is 2.67. The van der Waals surface area contributed by atoms with Crippen molar-refractivity contribution in [1.29, 1.82) is 0 Å². The fraction of sp³-hybridized carbons (Fsp3) is 0.750. The summed E-state index contributed by atoms with van der Waals surface area (Å²) in [5, 5.41) is 10.7. The van der Waals surface area contributed by atoms with Crippen molar-refractivity contribution in [2.75, 3.05) is 26.9 Å². The SMILES string of the molecule is COCCOCC(=O)N[C@@H](C)C(=O)O. The van der Waals surface area contributed by atoms with E-state index in [-0.39, 0.29) is 6.61 Å². The number of carbonyl (C=O) groups is 2. The van der Waals surface area contributed by atoms with E-state index >= 15 is 0 Å². The van der Waals surface area contributed by atoms with Gasteiger partial charge in [-0.2, -0.15) is 0 Å². The summed E-state index contributed by atoms with van der Waals surface area (Å²) < 4.78 is 9.58. The maximum Gasteiger partial charge on any atom is 0.325 e. The minimum absolute atomic E-state index is 0.152. The predicted octanol–water partition coefficient (Wildman–Crippen LogP) is -0.761. The molecule has 14 heavy (non-hydrogen) atoms. The van der Waals surface area contributed by atoms with Gasteiger partial charge in [-0.15, -0.1) is 0 Å². The Bertz CT molecular complexity index is 194. The number of ether oxygens (including phenoxy) is 2. The van der Waals surface area contributed by atoms with E-state index in [1.54, 1.807) is 0 Å². The molecule has 0 aromatic rings. The Morgan fingerprint density at radius 2 is 2.07 bits per heavy atom. The van der Waals surface area contributed by atoms with Crippen LogP contribution in [0.3, 0.4) is 0 Å². The molecule has 0 aliphatic carbocycles. The topological polar surface area (TPSA) is 84.9 Å². The lowest BCUT2D eigenvalue weighted by Crippen LogP contribution is -2.40. The highest BCUT2D eigenvalue weighted by Gasteiger charge is 2.13. The molecule has 0 aromatic carbocycles. The molecule has 0 aliphatic rings. The van der Waals surface area contributed by atoms with Crippen molar-refractivity contribution in [3.05, 3.63) is 0 Å². The highest BCUT2D eigenvalue weighted by atomic mass is 16.5. The van der Waals surface area contributed by atoms with Gasteiger partial charge in [0.2, 0.25) is 5.91 Å². The van der Waals surface area contributed by atoms with Crippen LogP contribution in [0.1, 0.15) is 6.92 Å². The molecule has 0 radical (unpaired) electrons. The number of hydrogen-bond donors (Lipinski definition) is 2. The number of aliphatic carboxylic acids is 1. The molecule has 0 bridgehead atoms. The number of hydrogen-bond acceptors (Lipinski definition) is 4. The molecular weight excluding hydrogens is 190 g/mol. The van der Waals surface area contributed by atoms with E-state index in [0.29, 0.717) is 13.2 Å². The van der Waals surface area contributed by atoms with Gasteiger partial charge < -0.3 is 19.9 Å². The Balaban J connectivity index is 3.50. The van der Waals surface area contributed by atoms with Crippen molar-refractivity contribution in [1.82, 2.24) is 5.32 Å². The van der Waals surface area contributed by atoms with Crippen LogP contribution in [0.15, 0.2) is 0 Å². The molecule has 0 unspecified atom stereocenters. The molecule has 0 rings (SSSR count). The van der Waals surface area contributed by atoms with Crippen molar-refractivity contribution >= 4 is 11.9 Å². The number of rotatable bonds is 7. The van der Waals surface area contributed by atoms with Gasteiger partial charge in [0.05, 0.1) is 13.2 Å². The zero-order valence-electron chi connectivity index (χ0n) is 8.28. The summed E-state index contributed by atoms with van der Waals surface area (Å²) in [7, 11) is 1.52. The smallest absolute Gasteiger partial charge is 0.325 e. The Kier molecular flexibility index (Phi) is 6.69. The highest BCUT2D eigenvalue weighted by Crippen LogP contribution is 1.82. The highest BCUT2D eigenvalue weighted by molar-refractivity contribution is 5.83. The number of methoxy groups -OCH3 is 1. The molecule has 1 amide bonds. The summed E-state index contributed by atoms with van der Waals surface area (Å²) >= 11 is 0. The van der Waals surface area contributed by atoms with Crippen LogP contribution in [-0.2, 0) is 19.1 Å². The zero-order chi connectivity index (χ0) is 11.0. The number of carbonyl (C=O) groups excluding carboxylic acids is 1. The van der Waals surface area contributed by atoms with E-state index in [4.69, 9.17) is 14.6 Å². The quantitative estimate of drug-likeness (QED) is 0.533. The summed E-state index contributed by atoms with van der Waals surface area (Å²) in [6.07, 6.45) is 0. The van der Waals surface area contributed by atoms with Crippen LogP contribution < -0.4 is 5.32 Å². The first-order valence-electron chi connectivity index (χ1n) is 4.16. The van der Waals surface area contributed by atoms with Gasteiger partial charge in [-0.1, -0.05) is 0 Å². The second kappa shape index (κ2) is 7.28. The Labute approximate surface area is 82.2 Å². The first-order chi connectivity index (χ1) is 6.57.